The molecule has 9 aliphatic rings. The summed E-state index contributed by atoms with van der Waals surface area (Å²) in [6, 6.07) is 0. The van der Waals surface area contributed by atoms with Gasteiger partial charge in [-0.05, 0) is 117 Å². The Labute approximate surface area is 363 Å². The summed E-state index contributed by atoms with van der Waals surface area (Å²) in [6.07, 6.45) is -12.2. The molecule has 0 aromatic rings. The summed E-state index contributed by atoms with van der Waals surface area (Å²) >= 11 is 0. The lowest BCUT2D eigenvalue weighted by Gasteiger charge is -2.65. The fraction of sp³-hybridized carbons (Fsp3) is 1.00. The van der Waals surface area contributed by atoms with Crippen molar-refractivity contribution >= 4 is 0 Å². The van der Waals surface area contributed by atoms with Crippen LogP contribution >= 0.6 is 0 Å². The first-order valence-corrected chi connectivity index (χ1v) is 23.2. The third-order valence-electron chi connectivity index (χ3n) is 18.9. The lowest BCUT2D eigenvalue weighted by atomic mass is 9.41. The minimum Gasteiger partial charge on any atom is -0.393 e. The highest BCUT2D eigenvalue weighted by atomic mass is 16.8. The topological polar surface area (TPSA) is 267 Å². The van der Waals surface area contributed by atoms with Crippen LogP contribution in [0.15, 0.2) is 0 Å². The van der Waals surface area contributed by atoms with Gasteiger partial charge in [-0.2, -0.15) is 0 Å². The molecule has 4 saturated heterocycles. The Hall–Kier alpha value is -0.680. The average Bonchev–Trinajstić information content (AvgIpc) is 3.56. The summed E-state index contributed by atoms with van der Waals surface area (Å²) < 4.78 is 44.0. The van der Waals surface area contributed by atoms with Gasteiger partial charge in [0.15, 0.2) is 18.9 Å². The normalized spacial score (nSPS) is 58.5. The zero-order valence-electron chi connectivity index (χ0n) is 37.3. The van der Waals surface area contributed by atoms with Crippen LogP contribution in [-0.2, 0) is 33.2 Å². The minimum atomic E-state index is -1.65. The van der Waals surface area contributed by atoms with Crippen molar-refractivity contribution in [1.82, 2.24) is 0 Å². The van der Waals surface area contributed by atoms with Gasteiger partial charge in [-0.25, -0.2) is 0 Å². The van der Waals surface area contributed by atoms with Gasteiger partial charge in [0.1, 0.15) is 54.9 Å². The van der Waals surface area contributed by atoms with Crippen molar-refractivity contribution in [1.29, 1.82) is 0 Å². The molecule has 0 bridgehead atoms. The summed E-state index contributed by atoms with van der Waals surface area (Å²) in [7, 11) is 0. The molecule has 4 heterocycles. The van der Waals surface area contributed by atoms with Crippen molar-refractivity contribution in [3.8, 4) is 0 Å². The highest BCUT2D eigenvalue weighted by Gasteiger charge is 2.85. The van der Waals surface area contributed by atoms with Gasteiger partial charge in [-0.15, -0.1) is 0 Å². The van der Waals surface area contributed by atoms with E-state index in [1.165, 1.54) is 0 Å². The Morgan fingerprint density at radius 3 is 1.74 bits per heavy atom. The molecule has 17 nitrogen and oxygen atoms in total. The van der Waals surface area contributed by atoms with E-state index in [0.29, 0.717) is 25.7 Å². The summed E-state index contributed by atoms with van der Waals surface area (Å²) in [4.78, 5) is 0. The fourth-order valence-corrected chi connectivity index (χ4v) is 15.8. The largest absolute Gasteiger partial charge is 0.393 e. The van der Waals surface area contributed by atoms with Crippen molar-refractivity contribution in [3.05, 3.63) is 0 Å². The highest BCUT2D eigenvalue weighted by Crippen LogP contribution is 2.89. The maximum atomic E-state index is 12.3. The third kappa shape index (κ3) is 6.72. The second-order valence-electron chi connectivity index (χ2n) is 23.0. The molecule has 0 unspecified atom stereocenters. The molecule has 0 radical (unpaired) electrons. The number of aliphatic hydroxyl groups is 10. The van der Waals surface area contributed by atoms with Crippen LogP contribution in [0.3, 0.4) is 0 Å². The van der Waals surface area contributed by atoms with Crippen molar-refractivity contribution in [2.75, 3.05) is 19.8 Å². The van der Waals surface area contributed by atoms with Gasteiger partial charge in [0.2, 0.25) is 0 Å². The monoisotopic (exact) mass is 886 g/mol. The van der Waals surface area contributed by atoms with Gasteiger partial charge >= 0.3 is 0 Å². The van der Waals surface area contributed by atoms with E-state index in [9.17, 15) is 51.1 Å². The van der Waals surface area contributed by atoms with Gasteiger partial charge in [0, 0.05) is 5.92 Å². The maximum absolute atomic E-state index is 12.3. The molecular formula is C45H74O17. The Bertz CT molecular complexity index is 1660. The first-order valence-electron chi connectivity index (χ1n) is 23.2. The second-order valence-corrected chi connectivity index (χ2v) is 23.0. The summed E-state index contributed by atoms with van der Waals surface area (Å²) in [6.45, 7) is 13.8. The molecule has 0 aromatic carbocycles. The van der Waals surface area contributed by atoms with Crippen LogP contribution in [0.2, 0.25) is 0 Å². The van der Waals surface area contributed by atoms with E-state index in [4.69, 9.17) is 33.2 Å². The van der Waals surface area contributed by atoms with E-state index in [1.807, 2.05) is 0 Å². The number of hydrogen-bond donors (Lipinski definition) is 10. The van der Waals surface area contributed by atoms with Crippen LogP contribution in [-0.4, -0.2) is 180 Å². The van der Waals surface area contributed by atoms with Gasteiger partial charge in [0.25, 0.3) is 0 Å². The van der Waals surface area contributed by atoms with E-state index < -0.39 is 109 Å². The predicted molar refractivity (Wildman–Crippen MR) is 214 cm³/mol. The molecule has 2 spiro atoms. The third-order valence-corrected chi connectivity index (χ3v) is 18.9. The molecule has 62 heavy (non-hydrogen) atoms. The first-order chi connectivity index (χ1) is 28.8. The highest BCUT2D eigenvalue weighted by molar-refractivity contribution is 5.33. The van der Waals surface area contributed by atoms with Crippen LogP contribution < -0.4 is 0 Å². The number of aliphatic hydroxyl groups excluding tert-OH is 9. The van der Waals surface area contributed by atoms with Crippen LogP contribution in [0.4, 0.5) is 0 Å². The van der Waals surface area contributed by atoms with Crippen molar-refractivity contribution in [3.63, 3.8) is 0 Å². The quantitative estimate of drug-likeness (QED) is 0.142. The van der Waals surface area contributed by atoms with Gasteiger partial charge < -0.3 is 84.2 Å². The SMILES string of the molecule is CC(C)(O)[C@@H]1CC[C@](C)([C@H]2[C@@H](O)C[C@@]3(C)[C@@H]4C[C@H](O[C@@H]5OC[C@H](O)[C@H](O)[C@@H]5O)[C@@H]5C(C)(C)[C@@H](O[C@@H]6OC[C@H](O)[C@H](O)[C@@H]6O[C@@H]6OC[C@H](O)[C@@H](O)[C@@H]6O)CC[C@@]56C[C@@]46CC[C@]23C)O1. The molecule has 5 saturated carbocycles. The molecule has 0 amide bonds. The van der Waals surface area contributed by atoms with Crippen LogP contribution in [0.5, 0.6) is 0 Å². The molecule has 24 atom stereocenters. The van der Waals surface area contributed by atoms with Crippen LogP contribution in [0.1, 0.15) is 106 Å². The molecule has 17 heteroatoms. The molecule has 0 aromatic heterocycles. The van der Waals surface area contributed by atoms with Crippen LogP contribution in [0, 0.1) is 44.8 Å². The summed E-state index contributed by atoms with van der Waals surface area (Å²) in [5.74, 6) is -0.256. The fourth-order valence-electron chi connectivity index (χ4n) is 15.8. The van der Waals surface area contributed by atoms with Gasteiger partial charge in [-0.1, -0.05) is 27.7 Å². The second kappa shape index (κ2) is 15.4. The minimum absolute atomic E-state index is 0.0927. The number of rotatable bonds is 8. The van der Waals surface area contributed by atoms with Crippen LogP contribution in [0.25, 0.3) is 0 Å². The maximum Gasteiger partial charge on any atom is 0.186 e. The molecule has 10 N–H and O–H groups in total. The predicted octanol–water partition coefficient (Wildman–Crippen LogP) is -0.173. The number of hydrogen-bond acceptors (Lipinski definition) is 17. The standard InChI is InChI=1S/C45H74O17/c1-39(2)26(60-38-33(30(52)23(49)18-58-38)61-37-32(54)29(51)22(48)17-57-37)9-11-45-19-44(45)13-12-41(5)34(43(7)10-8-27(62-43)40(3,4)55)20(46)15-42(41,6)25(44)14-24(35(39)45)59-36-31(53)28(50)21(47)16-56-36/h20-38,46-55H,8-19H2,1-7H3/t20-,21-,22-,23-,24-,25-,26-,27-,28-,29+,30-,31-,32-,33-,34-,35+,36-,37-,38-,41+,42-,43+,44-,45+/m0/s1. The van der Waals surface area contributed by atoms with Crippen molar-refractivity contribution in [2.45, 2.75) is 216 Å². The van der Waals surface area contributed by atoms with Crippen molar-refractivity contribution < 1.29 is 84.2 Å². The number of ether oxygens (including phenoxy) is 7. The summed E-state index contributed by atoms with van der Waals surface area (Å²) in [5, 5.41) is 109. The molecule has 356 valence electrons. The Kier molecular flexibility index (Phi) is 11.5. The smallest absolute Gasteiger partial charge is 0.186 e. The molecule has 4 aliphatic heterocycles. The van der Waals surface area contributed by atoms with Gasteiger partial charge in [0.05, 0.1) is 55.4 Å². The Morgan fingerprint density at radius 1 is 0.565 bits per heavy atom. The summed E-state index contributed by atoms with van der Waals surface area (Å²) in [5.41, 5.74) is -3.33. The van der Waals surface area contributed by atoms with E-state index in [0.717, 1.165) is 32.1 Å². The van der Waals surface area contributed by atoms with E-state index in [1.54, 1.807) is 13.8 Å². The van der Waals surface area contributed by atoms with Crippen molar-refractivity contribution in [2.24, 2.45) is 44.8 Å². The molecule has 5 aliphatic carbocycles. The zero-order chi connectivity index (χ0) is 44.9. The Balaban J connectivity index is 1.03. The van der Waals surface area contributed by atoms with Gasteiger partial charge in [-0.3, -0.25) is 0 Å². The number of fused-ring (bicyclic) bond motifs is 2. The van der Waals surface area contributed by atoms with E-state index in [-0.39, 0.29) is 65.3 Å². The molecule has 9 fully saturated rings. The molecule has 9 rings (SSSR count). The lowest BCUT2D eigenvalue weighted by Crippen LogP contribution is -2.65. The first kappa shape index (κ1) is 46.4. The average molecular weight is 887 g/mol. The Morgan fingerprint density at radius 2 is 1.15 bits per heavy atom. The lowest BCUT2D eigenvalue weighted by molar-refractivity contribution is -0.359. The molecular weight excluding hydrogens is 812 g/mol. The van der Waals surface area contributed by atoms with E-state index in [2.05, 4.69) is 34.6 Å². The zero-order valence-corrected chi connectivity index (χ0v) is 37.3. The van der Waals surface area contributed by atoms with E-state index >= 15 is 0 Å².